The van der Waals surface area contributed by atoms with Crippen LogP contribution in [0.25, 0.3) is 10.8 Å². The molecule has 9 heteroatoms. The van der Waals surface area contributed by atoms with Crippen LogP contribution in [0.15, 0.2) is 114 Å². The van der Waals surface area contributed by atoms with E-state index in [9.17, 15) is 4.79 Å². The lowest BCUT2D eigenvalue weighted by molar-refractivity contribution is -0.130. The number of cyclic esters (lactones) is 1. The van der Waals surface area contributed by atoms with Crippen molar-refractivity contribution in [3.8, 4) is 5.75 Å². The first-order valence-electron chi connectivity index (χ1n) is 13.2. The lowest BCUT2D eigenvalue weighted by Gasteiger charge is -2.35. The van der Waals surface area contributed by atoms with Crippen molar-refractivity contribution in [1.29, 1.82) is 5.41 Å². The van der Waals surface area contributed by atoms with Gasteiger partial charge in [-0.1, -0.05) is 66.7 Å². The van der Waals surface area contributed by atoms with Crippen LogP contribution in [0.3, 0.4) is 0 Å². The molecule has 0 bridgehead atoms. The third kappa shape index (κ3) is 6.50. The van der Waals surface area contributed by atoms with Crippen LogP contribution in [0, 0.1) is 5.41 Å². The zero-order valence-electron chi connectivity index (χ0n) is 22.3. The van der Waals surface area contributed by atoms with E-state index in [4.69, 9.17) is 14.9 Å². The minimum absolute atomic E-state index is 0. The minimum Gasteiger partial charge on any atom is -0.489 e. The zero-order chi connectivity index (χ0) is 27.3. The second-order valence-electron chi connectivity index (χ2n) is 9.64. The minimum atomic E-state index is -0.448. The Labute approximate surface area is 244 Å². The predicted octanol–water partition coefficient (Wildman–Crippen LogP) is 5.65. The van der Waals surface area contributed by atoms with Crippen LogP contribution in [-0.2, 0) is 16.1 Å². The molecule has 2 N–H and O–H groups in total. The van der Waals surface area contributed by atoms with E-state index >= 15 is 0 Å². The van der Waals surface area contributed by atoms with Crippen molar-refractivity contribution in [2.75, 3.05) is 31.5 Å². The van der Waals surface area contributed by atoms with Gasteiger partial charge in [-0.2, -0.15) is 0 Å². The number of ether oxygens (including phenoxy) is 2. The summed E-state index contributed by atoms with van der Waals surface area (Å²) in [5.74, 6) is 0.992. The van der Waals surface area contributed by atoms with Crippen LogP contribution in [0.2, 0.25) is 0 Å². The van der Waals surface area contributed by atoms with Gasteiger partial charge in [0.1, 0.15) is 12.4 Å². The van der Waals surface area contributed by atoms with Gasteiger partial charge in [-0.25, -0.2) is 9.79 Å². The van der Waals surface area contributed by atoms with Gasteiger partial charge in [0.25, 0.3) is 0 Å². The lowest BCUT2D eigenvalue weighted by Crippen LogP contribution is -2.48. The number of rotatable bonds is 6. The van der Waals surface area contributed by atoms with Crippen LogP contribution < -0.4 is 10.1 Å². The summed E-state index contributed by atoms with van der Waals surface area (Å²) >= 11 is 0. The molecule has 2 aliphatic heterocycles. The van der Waals surface area contributed by atoms with E-state index in [1.54, 1.807) is 6.20 Å². The van der Waals surface area contributed by atoms with Crippen LogP contribution in [0.1, 0.15) is 11.1 Å². The average molecular weight is 568 g/mol. The molecule has 2 heterocycles. The van der Waals surface area contributed by atoms with E-state index in [1.807, 2.05) is 102 Å². The number of fused-ring (bicyclic) bond motifs is 1. The van der Waals surface area contributed by atoms with E-state index < -0.39 is 5.97 Å². The van der Waals surface area contributed by atoms with E-state index in [1.165, 1.54) is 0 Å². The molecule has 0 amide bonds. The molecule has 4 aromatic carbocycles. The number of aliphatic imine (C=N–C) groups is 1. The molecule has 208 valence electrons. The van der Waals surface area contributed by atoms with Crippen LogP contribution >= 0.6 is 12.4 Å². The van der Waals surface area contributed by atoms with Crippen LogP contribution in [-0.4, -0.2) is 53.8 Å². The third-order valence-corrected chi connectivity index (χ3v) is 6.94. The molecule has 0 aliphatic carbocycles. The normalized spacial score (nSPS) is 15.8. The molecule has 0 radical (unpaired) electrons. The Morgan fingerprint density at radius 3 is 2.39 bits per heavy atom. The summed E-state index contributed by atoms with van der Waals surface area (Å²) in [4.78, 5) is 21.1. The first kappa shape index (κ1) is 27.7. The number of halogens is 1. The summed E-state index contributed by atoms with van der Waals surface area (Å²) in [7, 11) is 0. The quantitative estimate of drug-likeness (QED) is 0.135. The fraction of sp³-hybridized carbons (Fsp3) is 0.156. The number of nitrogens with zero attached hydrogens (tertiary/aromatic N) is 3. The van der Waals surface area contributed by atoms with Crippen molar-refractivity contribution >= 4 is 46.7 Å². The van der Waals surface area contributed by atoms with Gasteiger partial charge in [0, 0.05) is 43.6 Å². The second-order valence-corrected chi connectivity index (χ2v) is 9.64. The molecule has 0 atom stereocenters. The van der Waals surface area contributed by atoms with Gasteiger partial charge >= 0.3 is 5.97 Å². The Kier molecular flexibility index (Phi) is 8.50. The van der Waals surface area contributed by atoms with E-state index in [2.05, 4.69) is 15.2 Å². The monoisotopic (exact) mass is 567 g/mol. The van der Waals surface area contributed by atoms with E-state index in [-0.39, 0.29) is 12.4 Å². The lowest BCUT2D eigenvalue weighted by atomic mass is 10.0. The maximum absolute atomic E-state index is 12.6. The van der Waals surface area contributed by atoms with Crippen molar-refractivity contribution in [2.24, 2.45) is 4.99 Å². The van der Waals surface area contributed by atoms with Gasteiger partial charge in [0.2, 0.25) is 5.90 Å². The Morgan fingerprint density at radius 2 is 1.61 bits per heavy atom. The number of anilines is 1. The number of hydrogen-bond acceptors (Lipinski definition) is 6. The Bertz CT molecular complexity index is 1590. The predicted molar refractivity (Wildman–Crippen MR) is 164 cm³/mol. The van der Waals surface area contributed by atoms with Gasteiger partial charge in [-0.05, 0) is 46.7 Å². The molecule has 4 aromatic rings. The summed E-state index contributed by atoms with van der Waals surface area (Å²) in [5.41, 5.74) is 3.03. The molecule has 0 saturated carbocycles. The number of carbonyl (C=O) groups excluding carboxylic acids is 1. The molecule has 8 nitrogen and oxygen atoms in total. The molecule has 0 spiro atoms. The van der Waals surface area contributed by atoms with Gasteiger partial charge in [0.05, 0.1) is 0 Å². The van der Waals surface area contributed by atoms with E-state index in [0.29, 0.717) is 50.3 Å². The fourth-order valence-corrected chi connectivity index (χ4v) is 4.77. The van der Waals surface area contributed by atoms with Crippen molar-refractivity contribution in [3.63, 3.8) is 0 Å². The summed E-state index contributed by atoms with van der Waals surface area (Å²) in [6.07, 6.45) is 1.77. The number of guanidine groups is 1. The van der Waals surface area contributed by atoms with Crippen molar-refractivity contribution in [2.45, 2.75) is 6.61 Å². The number of hydrogen-bond donors (Lipinski definition) is 2. The smallest absolute Gasteiger partial charge is 0.365 e. The SMILES string of the molecule is Cl.N=C(Nc1ccc(OCc2ccccc2)cc1)N1CCN(/C=C2/N=C(c3cccc4ccccc34)OC2=O)CC1. The topological polar surface area (TPSA) is 90.2 Å². The number of piperazine rings is 1. The Morgan fingerprint density at radius 1 is 0.902 bits per heavy atom. The largest absolute Gasteiger partial charge is 0.489 e. The molecule has 1 fully saturated rings. The van der Waals surface area contributed by atoms with Crippen LogP contribution in [0.4, 0.5) is 5.69 Å². The fourth-order valence-electron chi connectivity index (χ4n) is 4.77. The average Bonchev–Trinajstić information content (AvgIpc) is 3.36. The summed E-state index contributed by atoms with van der Waals surface area (Å²) in [5, 5.41) is 13.8. The third-order valence-electron chi connectivity index (χ3n) is 6.94. The molecule has 6 rings (SSSR count). The Hall–Kier alpha value is -4.82. The van der Waals surface area contributed by atoms with Crippen molar-refractivity contribution < 1.29 is 14.3 Å². The molecule has 41 heavy (non-hydrogen) atoms. The molecule has 0 aromatic heterocycles. The standard InChI is InChI=1S/C32H29N5O3.ClH/c33-32(34-25-13-15-26(16-14-25)39-22-23-7-2-1-3-8-23)37-19-17-36(18-20-37)21-29-31(38)40-30(35-29)28-12-6-10-24-9-4-5-11-27(24)28;/h1-16,21H,17-20,22H2,(H2,33,34);1H/b29-21+;. The van der Waals surface area contributed by atoms with Gasteiger partial charge in [-0.3, -0.25) is 5.41 Å². The summed E-state index contributed by atoms with van der Waals surface area (Å²) in [6, 6.07) is 31.5. The number of carbonyl (C=O) groups is 1. The van der Waals surface area contributed by atoms with Crippen LogP contribution in [0.5, 0.6) is 5.75 Å². The van der Waals surface area contributed by atoms with Gasteiger partial charge < -0.3 is 24.6 Å². The molecule has 1 saturated heterocycles. The van der Waals surface area contributed by atoms with Crippen molar-refractivity contribution in [3.05, 3.63) is 120 Å². The number of nitrogens with one attached hydrogen (secondary N) is 2. The van der Waals surface area contributed by atoms with Gasteiger partial charge in [-0.15, -0.1) is 12.4 Å². The summed E-state index contributed by atoms with van der Waals surface area (Å²) in [6.45, 7) is 3.11. The first-order chi connectivity index (χ1) is 19.6. The first-order valence-corrected chi connectivity index (χ1v) is 13.2. The maximum Gasteiger partial charge on any atom is 0.365 e. The highest BCUT2D eigenvalue weighted by molar-refractivity contribution is 6.16. The summed E-state index contributed by atoms with van der Waals surface area (Å²) < 4.78 is 11.4. The highest BCUT2D eigenvalue weighted by Gasteiger charge is 2.27. The second kappa shape index (κ2) is 12.6. The highest BCUT2D eigenvalue weighted by atomic mass is 35.5. The van der Waals surface area contributed by atoms with E-state index in [0.717, 1.165) is 33.3 Å². The maximum atomic E-state index is 12.6. The number of esters is 1. The highest BCUT2D eigenvalue weighted by Crippen LogP contribution is 2.24. The zero-order valence-corrected chi connectivity index (χ0v) is 23.1. The van der Waals surface area contributed by atoms with Crippen molar-refractivity contribution in [1.82, 2.24) is 9.80 Å². The van der Waals surface area contributed by atoms with Gasteiger partial charge in [0.15, 0.2) is 11.7 Å². The molecule has 2 aliphatic rings. The Balaban J connectivity index is 0.00000337. The number of benzene rings is 4. The molecular weight excluding hydrogens is 538 g/mol. The molecule has 0 unspecified atom stereocenters. The molecular formula is C32H30ClN5O3.